The number of nitrogens with zero attached hydrogens (tertiary/aromatic N) is 1. The van der Waals surface area contributed by atoms with E-state index in [1.54, 1.807) is 18.2 Å². The maximum absolute atomic E-state index is 10.4. The van der Waals surface area contributed by atoms with Crippen molar-refractivity contribution in [3.8, 4) is 0 Å². The molecule has 3 nitrogen and oxygen atoms in total. The Balaban J connectivity index is 2.88. The van der Waals surface area contributed by atoms with E-state index in [9.17, 15) is 4.79 Å². The van der Waals surface area contributed by atoms with E-state index < -0.39 is 0 Å². The minimum Gasteiger partial charge on any atom is -0.354 e. The van der Waals surface area contributed by atoms with Crippen LogP contribution in [0, 0.1) is 0 Å². The molecule has 1 aromatic heterocycles. The van der Waals surface area contributed by atoms with Crippen molar-refractivity contribution in [3.05, 3.63) is 28.9 Å². The minimum atomic E-state index is 0.285. The summed E-state index contributed by atoms with van der Waals surface area (Å²) in [5.74, 6) is 0. The Hall–Kier alpha value is -1.35. The largest absolute Gasteiger partial charge is 0.354 e. The van der Waals surface area contributed by atoms with Gasteiger partial charge in [0.2, 0.25) is 0 Å². The van der Waals surface area contributed by atoms with E-state index in [1.807, 2.05) is 0 Å². The molecule has 0 N–H and O–H groups in total. The lowest BCUT2D eigenvalue weighted by Gasteiger charge is -1.87. The third-order valence-electron chi connectivity index (χ3n) is 1.59. The standard InChI is InChI=1S/C8H4ClNO2/c9-6-3-1-2-5-7(4-11)10-12-8(5)6/h1-4H. The maximum Gasteiger partial charge on any atom is 0.186 e. The second-order valence-electron chi connectivity index (χ2n) is 2.30. The van der Waals surface area contributed by atoms with Crippen molar-refractivity contribution in [3.63, 3.8) is 0 Å². The molecule has 0 spiro atoms. The molecule has 0 aliphatic heterocycles. The van der Waals surface area contributed by atoms with Crippen molar-refractivity contribution in [2.24, 2.45) is 0 Å². The molecule has 0 amide bonds. The van der Waals surface area contributed by atoms with E-state index in [2.05, 4.69) is 5.16 Å². The first kappa shape index (κ1) is 7.31. The van der Waals surface area contributed by atoms with Crippen LogP contribution in [0.5, 0.6) is 0 Å². The second kappa shape index (κ2) is 2.60. The molecule has 0 aliphatic rings. The van der Waals surface area contributed by atoms with Crippen molar-refractivity contribution in [1.82, 2.24) is 5.16 Å². The highest BCUT2D eigenvalue weighted by atomic mass is 35.5. The predicted octanol–water partition coefficient (Wildman–Crippen LogP) is 2.29. The topological polar surface area (TPSA) is 43.1 Å². The summed E-state index contributed by atoms with van der Waals surface area (Å²) < 4.78 is 4.86. The Morgan fingerprint density at radius 3 is 3.08 bits per heavy atom. The molecule has 0 radical (unpaired) electrons. The molecule has 0 bridgehead atoms. The van der Waals surface area contributed by atoms with Gasteiger partial charge in [-0.15, -0.1) is 0 Å². The summed E-state index contributed by atoms with van der Waals surface area (Å²) in [4.78, 5) is 10.4. The smallest absolute Gasteiger partial charge is 0.186 e. The van der Waals surface area contributed by atoms with Crippen LogP contribution in [0.15, 0.2) is 22.7 Å². The highest BCUT2D eigenvalue weighted by Gasteiger charge is 2.08. The SMILES string of the molecule is O=Cc1noc2c(Cl)cccc12. The summed E-state index contributed by atoms with van der Waals surface area (Å²) in [6.07, 6.45) is 0.641. The molecule has 1 aromatic carbocycles. The molecule has 0 unspecified atom stereocenters. The lowest BCUT2D eigenvalue weighted by atomic mass is 10.2. The van der Waals surface area contributed by atoms with Crippen LogP contribution >= 0.6 is 11.6 Å². The number of fused-ring (bicyclic) bond motifs is 1. The van der Waals surface area contributed by atoms with Gasteiger partial charge in [-0.3, -0.25) is 4.79 Å². The Morgan fingerprint density at radius 1 is 1.50 bits per heavy atom. The fourth-order valence-electron chi connectivity index (χ4n) is 1.03. The number of benzene rings is 1. The van der Waals surface area contributed by atoms with E-state index in [0.717, 1.165) is 0 Å². The predicted molar refractivity (Wildman–Crippen MR) is 44.4 cm³/mol. The van der Waals surface area contributed by atoms with Crippen LogP contribution in [0.2, 0.25) is 5.02 Å². The molecule has 0 saturated carbocycles. The first-order chi connectivity index (χ1) is 5.83. The van der Waals surface area contributed by atoms with Crippen LogP contribution in [0.3, 0.4) is 0 Å². The number of carbonyl (C=O) groups excluding carboxylic acids is 1. The van der Waals surface area contributed by atoms with E-state index >= 15 is 0 Å². The number of aldehydes is 1. The van der Waals surface area contributed by atoms with Gasteiger partial charge in [-0.1, -0.05) is 22.8 Å². The van der Waals surface area contributed by atoms with Crippen molar-refractivity contribution in [2.75, 3.05) is 0 Å². The fraction of sp³-hybridized carbons (Fsp3) is 0. The fourth-order valence-corrected chi connectivity index (χ4v) is 1.24. The number of hydrogen-bond acceptors (Lipinski definition) is 3. The zero-order valence-corrected chi connectivity index (χ0v) is 6.71. The van der Waals surface area contributed by atoms with Gasteiger partial charge in [0.05, 0.1) is 10.4 Å². The third kappa shape index (κ3) is 0.905. The molecule has 0 fully saturated rings. The molecule has 1 heterocycles. The van der Waals surface area contributed by atoms with E-state index in [-0.39, 0.29) is 5.69 Å². The van der Waals surface area contributed by atoms with Gasteiger partial charge in [-0.05, 0) is 12.1 Å². The molecule has 2 aromatic rings. The van der Waals surface area contributed by atoms with Crippen LogP contribution in [0.1, 0.15) is 10.5 Å². The summed E-state index contributed by atoms with van der Waals surface area (Å²) in [6.45, 7) is 0. The Morgan fingerprint density at radius 2 is 2.33 bits per heavy atom. The van der Waals surface area contributed by atoms with Gasteiger partial charge in [-0.25, -0.2) is 0 Å². The van der Waals surface area contributed by atoms with Gasteiger partial charge in [0.15, 0.2) is 17.6 Å². The summed E-state index contributed by atoms with van der Waals surface area (Å²) in [6, 6.07) is 5.17. The average molecular weight is 182 g/mol. The van der Waals surface area contributed by atoms with Gasteiger partial charge in [0.1, 0.15) is 0 Å². The van der Waals surface area contributed by atoms with E-state index in [0.29, 0.717) is 22.3 Å². The molecule has 0 atom stereocenters. The van der Waals surface area contributed by atoms with Gasteiger partial charge < -0.3 is 4.52 Å². The molecule has 12 heavy (non-hydrogen) atoms. The van der Waals surface area contributed by atoms with Crippen LogP contribution in [0.4, 0.5) is 0 Å². The molecular formula is C8H4ClNO2. The number of aromatic nitrogens is 1. The molecule has 2 rings (SSSR count). The van der Waals surface area contributed by atoms with Crippen LogP contribution in [0.25, 0.3) is 11.0 Å². The first-order valence-corrected chi connectivity index (χ1v) is 3.70. The highest BCUT2D eigenvalue weighted by Crippen LogP contribution is 2.24. The minimum absolute atomic E-state index is 0.285. The van der Waals surface area contributed by atoms with Gasteiger partial charge in [0.25, 0.3) is 0 Å². The number of carbonyl (C=O) groups is 1. The number of halogens is 1. The van der Waals surface area contributed by atoms with Crippen LogP contribution in [-0.4, -0.2) is 11.4 Å². The molecule has 0 saturated heterocycles. The average Bonchev–Trinajstić information content (AvgIpc) is 2.49. The lowest BCUT2D eigenvalue weighted by Crippen LogP contribution is -1.77. The Kier molecular flexibility index (Phi) is 1.59. The van der Waals surface area contributed by atoms with E-state index in [1.165, 1.54) is 0 Å². The molecule has 4 heteroatoms. The molecule has 60 valence electrons. The van der Waals surface area contributed by atoms with Crippen molar-refractivity contribution >= 4 is 28.9 Å². The maximum atomic E-state index is 10.4. The van der Waals surface area contributed by atoms with Gasteiger partial charge in [-0.2, -0.15) is 0 Å². The zero-order valence-electron chi connectivity index (χ0n) is 5.95. The summed E-state index contributed by atoms with van der Waals surface area (Å²) in [7, 11) is 0. The van der Waals surface area contributed by atoms with Gasteiger partial charge >= 0.3 is 0 Å². The number of rotatable bonds is 1. The summed E-state index contributed by atoms with van der Waals surface area (Å²) >= 11 is 5.78. The molecular weight excluding hydrogens is 178 g/mol. The van der Waals surface area contributed by atoms with Crippen LogP contribution < -0.4 is 0 Å². The lowest BCUT2D eigenvalue weighted by molar-refractivity contribution is 0.111. The van der Waals surface area contributed by atoms with Crippen LogP contribution in [-0.2, 0) is 0 Å². The summed E-state index contributed by atoms with van der Waals surface area (Å²) in [5.41, 5.74) is 0.744. The van der Waals surface area contributed by atoms with E-state index in [4.69, 9.17) is 16.1 Å². The number of para-hydroxylation sites is 1. The van der Waals surface area contributed by atoms with Crippen molar-refractivity contribution in [2.45, 2.75) is 0 Å². The first-order valence-electron chi connectivity index (χ1n) is 3.32. The second-order valence-corrected chi connectivity index (χ2v) is 2.71. The number of hydrogen-bond donors (Lipinski definition) is 0. The highest BCUT2D eigenvalue weighted by molar-refractivity contribution is 6.35. The monoisotopic (exact) mass is 181 g/mol. The third-order valence-corrected chi connectivity index (χ3v) is 1.89. The Labute approximate surface area is 72.9 Å². The van der Waals surface area contributed by atoms with Crippen molar-refractivity contribution < 1.29 is 9.32 Å². The summed E-state index contributed by atoms with van der Waals surface area (Å²) in [5, 5.41) is 4.66. The zero-order chi connectivity index (χ0) is 8.55. The quantitative estimate of drug-likeness (QED) is 0.634. The Bertz CT molecular complexity index is 436. The van der Waals surface area contributed by atoms with Crippen molar-refractivity contribution in [1.29, 1.82) is 0 Å². The van der Waals surface area contributed by atoms with Gasteiger partial charge in [0, 0.05) is 0 Å². The molecule has 0 aliphatic carbocycles. The normalized spacial score (nSPS) is 10.4.